The summed E-state index contributed by atoms with van der Waals surface area (Å²) in [5.74, 6) is 1.21. The molecule has 7 heteroatoms. The number of rotatable bonds is 5. The Balaban J connectivity index is 1.71. The lowest BCUT2D eigenvalue weighted by molar-refractivity contribution is -0.120. The van der Waals surface area contributed by atoms with Gasteiger partial charge in [-0.05, 0) is 31.0 Å². The van der Waals surface area contributed by atoms with Gasteiger partial charge in [0.2, 0.25) is 5.91 Å². The van der Waals surface area contributed by atoms with Gasteiger partial charge in [0, 0.05) is 6.07 Å². The molecule has 3 rings (SSSR count). The van der Waals surface area contributed by atoms with E-state index in [1.54, 1.807) is 31.0 Å². The summed E-state index contributed by atoms with van der Waals surface area (Å²) >= 11 is 12.1. The van der Waals surface area contributed by atoms with Gasteiger partial charge in [-0.2, -0.15) is 5.10 Å². The zero-order valence-corrected chi connectivity index (χ0v) is 14.4. The number of aromatic nitrogens is 2. The highest BCUT2D eigenvalue weighted by Crippen LogP contribution is 2.64. The Morgan fingerprint density at radius 2 is 2.00 bits per heavy atom. The Labute approximate surface area is 144 Å². The summed E-state index contributed by atoms with van der Waals surface area (Å²) in [6, 6.07) is 9.43. The minimum atomic E-state index is -0.988. The molecule has 1 atom stereocenters. The van der Waals surface area contributed by atoms with Crippen LogP contribution in [0.4, 0.5) is 5.82 Å². The number of amides is 1. The Bertz CT molecular complexity index is 727. The van der Waals surface area contributed by atoms with Crippen LogP contribution in [-0.2, 0) is 11.3 Å². The quantitative estimate of drug-likeness (QED) is 0.837. The number of alkyl halides is 2. The molecule has 1 aromatic carbocycles. The van der Waals surface area contributed by atoms with Crippen molar-refractivity contribution in [1.29, 1.82) is 0 Å². The number of nitrogens with zero attached hydrogens (tertiary/aromatic N) is 2. The Kier molecular flexibility index (Phi) is 4.02. The fourth-order valence-electron chi connectivity index (χ4n) is 2.37. The molecule has 1 aliphatic rings. The van der Waals surface area contributed by atoms with Crippen molar-refractivity contribution in [3.63, 3.8) is 0 Å². The average molecular weight is 354 g/mol. The number of ether oxygens (including phenoxy) is 1. The third kappa shape index (κ3) is 3.03. The molecule has 0 radical (unpaired) electrons. The van der Waals surface area contributed by atoms with Crippen molar-refractivity contribution < 1.29 is 9.53 Å². The smallest absolute Gasteiger partial charge is 0.234 e. The number of carbonyl (C=O) groups excluding carboxylic acids is 1. The van der Waals surface area contributed by atoms with Gasteiger partial charge in [0.05, 0.1) is 25.3 Å². The molecule has 1 saturated carbocycles. The van der Waals surface area contributed by atoms with Crippen LogP contribution in [0.5, 0.6) is 5.75 Å². The lowest BCUT2D eigenvalue weighted by Crippen LogP contribution is -2.27. The molecule has 5 nitrogen and oxygen atoms in total. The summed E-state index contributed by atoms with van der Waals surface area (Å²) in [5.41, 5.74) is 0.289. The monoisotopic (exact) mass is 353 g/mol. The van der Waals surface area contributed by atoms with Gasteiger partial charge in [0.25, 0.3) is 0 Å². The highest BCUT2D eigenvalue weighted by molar-refractivity contribution is 6.53. The SMILES string of the molecule is COc1ccc(Cn2nccc2NC(=O)[C@]2(C)CC2(Cl)Cl)cc1. The average Bonchev–Trinajstić information content (AvgIpc) is 2.83. The van der Waals surface area contributed by atoms with Crippen molar-refractivity contribution in [2.75, 3.05) is 12.4 Å². The van der Waals surface area contributed by atoms with Gasteiger partial charge in [-0.3, -0.25) is 4.79 Å². The molecule has 0 bridgehead atoms. The van der Waals surface area contributed by atoms with E-state index < -0.39 is 9.75 Å². The third-order valence-corrected chi connectivity index (χ3v) is 5.31. The van der Waals surface area contributed by atoms with Crippen LogP contribution >= 0.6 is 23.2 Å². The van der Waals surface area contributed by atoms with E-state index in [4.69, 9.17) is 27.9 Å². The van der Waals surface area contributed by atoms with E-state index in [1.807, 2.05) is 24.3 Å². The van der Waals surface area contributed by atoms with Crippen LogP contribution in [0.2, 0.25) is 0 Å². The minimum Gasteiger partial charge on any atom is -0.497 e. The maximum atomic E-state index is 12.4. The molecular formula is C16H17Cl2N3O2. The van der Waals surface area contributed by atoms with Gasteiger partial charge in [0.15, 0.2) is 0 Å². The van der Waals surface area contributed by atoms with Crippen molar-refractivity contribution in [2.24, 2.45) is 5.41 Å². The lowest BCUT2D eigenvalue weighted by Gasteiger charge is -2.14. The van der Waals surface area contributed by atoms with Crippen LogP contribution in [0.15, 0.2) is 36.5 Å². The van der Waals surface area contributed by atoms with Gasteiger partial charge in [-0.25, -0.2) is 4.68 Å². The van der Waals surface area contributed by atoms with Crippen LogP contribution in [0.3, 0.4) is 0 Å². The van der Waals surface area contributed by atoms with E-state index in [1.165, 1.54) is 0 Å². The lowest BCUT2D eigenvalue weighted by atomic mass is 10.1. The van der Waals surface area contributed by atoms with Gasteiger partial charge >= 0.3 is 0 Å². The summed E-state index contributed by atoms with van der Waals surface area (Å²) in [4.78, 5) is 12.4. The molecule has 1 aliphatic carbocycles. The summed E-state index contributed by atoms with van der Waals surface area (Å²) < 4.78 is 5.87. The number of hydrogen-bond donors (Lipinski definition) is 1. The first-order chi connectivity index (χ1) is 10.9. The topological polar surface area (TPSA) is 56.1 Å². The fraction of sp³-hybridized carbons (Fsp3) is 0.375. The van der Waals surface area contributed by atoms with Gasteiger partial charge in [-0.15, -0.1) is 23.2 Å². The van der Waals surface area contributed by atoms with E-state index in [0.717, 1.165) is 11.3 Å². The van der Waals surface area contributed by atoms with Crippen LogP contribution in [0, 0.1) is 5.41 Å². The van der Waals surface area contributed by atoms with Crippen LogP contribution in [0.1, 0.15) is 18.9 Å². The van der Waals surface area contributed by atoms with Crippen molar-refractivity contribution in [1.82, 2.24) is 9.78 Å². The molecule has 1 heterocycles. The predicted octanol–water partition coefficient (Wildman–Crippen LogP) is 3.46. The number of methoxy groups -OCH3 is 1. The second kappa shape index (κ2) is 5.73. The summed E-state index contributed by atoms with van der Waals surface area (Å²) in [6.07, 6.45) is 2.09. The molecule has 0 saturated heterocycles. The van der Waals surface area contributed by atoms with E-state index in [0.29, 0.717) is 18.8 Å². The number of halogens is 2. The summed E-state index contributed by atoms with van der Waals surface area (Å²) in [5, 5.41) is 7.11. The van der Waals surface area contributed by atoms with Gasteiger partial charge in [-0.1, -0.05) is 12.1 Å². The van der Waals surface area contributed by atoms with Crippen LogP contribution in [0.25, 0.3) is 0 Å². The second-order valence-corrected chi connectivity index (χ2v) is 7.37. The molecule has 0 unspecified atom stereocenters. The number of hydrogen-bond acceptors (Lipinski definition) is 3. The zero-order valence-electron chi connectivity index (χ0n) is 12.8. The summed E-state index contributed by atoms with van der Waals surface area (Å²) in [6.45, 7) is 2.29. The Hall–Kier alpha value is -1.72. The number of carbonyl (C=O) groups is 1. The third-order valence-electron chi connectivity index (χ3n) is 4.21. The van der Waals surface area contributed by atoms with Gasteiger partial charge in [0.1, 0.15) is 15.9 Å². The largest absolute Gasteiger partial charge is 0.497 e. The highest BCUT2D eigenvalue weighted by atomic mass is 35.5. The van der Waals surface area contributed by atoms with E-state index >= 15 is 0 Å². The molecule has 1 fully saturated rings. The van der Waals surface area contributed by atoms with Crippen molar-refractivity contribution >= 4 is 34.9 Å². The standard InChI is InChI=1S/C16H17Cl2N3O2/c1-15(10-16(15,17)18)14(22)20-13-7-8-19-21(13)9-11-3-5-12(23-2)6-4-11/h3-8H,9-10H2,1-2H3,(H,20,22)/t15-/m0/s1. The predicted molar refractivity (Wildman–Crippen MR) is 90.1 cm³/mol. The molecule has 1 N–H and O–H groups in total. The number of benzene rings is 1. The van der Waals surface area contributed by atoms with E-state index in [9.17, 15) is 4.79 Å². The molecule has 122 valence electrons. The fourth-order valence-corrected chi connectivity index (χ4v) is 3.08. The van der Waals surface area contributed by atoms with Crippen molar-refractivity contribution in [3.05, 3.63) is 42.1 Å². The first-order valence-electron chi connectivity index (χ1n) is 7.20. The Morgan fingerprint density at radius 1 is 1.35 bits per heavy atom. The maximum Gasteiger partial charge on any atom is 0.234 e. The second-order valence-electron chi connectivity index (χ2n) is 5.89. The van der Waals surface area contributed by atoms with E-state index in [-0.39, 0.29) is 5.91 Å². The number of nitrogens with one attached hydrogen (secondary N) is 1. The molecule has 2 aromatic rings. The van der Waals surface area contributed by atoms with Crippen LogP contribution in [-0.4, -0.2) is 27.1 Å². The first kappa shape index (κ1) is 16.1. The van der Waals surface area contributed by atoms with Crippen LogP contribution < -0.4 is 10.1 Å². The first-order valence-corrected chi connectivity index (χ1v) is 7.95. The molecule has 23 heavy (non-hydrogen) atoms. The van der Waals surface area contributed by atoms with Crippen molar-refractivity contribution in [3.8, 4) is 5.75 Å². The summed E-state index contributed by atoms with van der Waals surface area (Å²) in [7, 11) is 1.63. The molecule has 1 amide bonds. The van der Waals surface area contributed by atoms with Crippen molar-refractivity contribution in [2.45, 2.75) is 24.2 Å². The normalized spacial score (nSPS) is 21.7. The molecule has 0 spiro atoms. The molecule has 0 aliphatic heterocycles. The van der Waals surface area contributed by atoms with E-state index in [2.05, 4.69) is 10.4 Å². The Morgan fingerprint density at radius 3 is 2.57 bits per heavy atom. The maximum absolute atomic E-state index is 12.4. The number of anilines is 1. The zero-order chi connectivity index (χ0) is 16.7. The molecular weight excluding hydrogens is 337 g/mol. The molecule has 1 aromatic heterocycles. The highest BCUT2D eigenvalue weighted by Gasteiger charge is 2.68. The minimum absolute atomic E-state index is 0.195. The van der Waals surface area contributed by atoms with Gasteiger partial charge < -0.3 is 10.1 Å².